The summed E-state index contributed by atoms with van der Waals surface area (Å²) in [6.07, 6.45) is -0.592. The van der Waals surface area contributed by atoms with Crippen LogP contribution in [0.15, 0.2) is 59.8 Å². The van der Waals surface area contributed by atoms with Crippen LogP contribution in [0.5, 0.6) is 0 Å². The van der Waals surface area contributed by atoms with Crippen LogP contribution in [0.25, 0.3) is 10.4 Å². The van der Waals surface area contributed by atoms with Crippen LogP contribution in [-0.2, 0) is 38.1 Å². The van der Waals surface area contributed by atoms with E-state index in [0.29, 0.717) is 12.0 Å². The number of ether oxygens (including phenoxy) is 5. The maximum absolute atomic E-state index is 14.7. The fourth-order valence-electron chi connectivity index (χ4n) is 8.31. The highest BCUT2D eigenvalue weighted by molar-refractivity contribution is 6.00. The number of ketones is 2. The predicted octanol–water partition coefficient (Wildman–Crippen LogP) is 6.41. The number of cyclic esters (lactones) is 1. The molecule has 1 amide bonds. The van der Waals surface area contributed by atoms with Gasteiger partial charge in [-0.3, -0.25) is 14.4 Å². The Bertz CT molecular complexity index is 1700. The first-order valence-corrected chi connectivity index (χ1v) is 19.5. The molecule has 1 saturated heterocycles. The lowest BCUT2D eigenvalue weighted by molar-refractivity contribution is -0.211. The van der Waals surface area contributed by atoms with Crippen LogP contribution in [0.3, 0.4) is 0 Å². The summed E-state index contributed by atoms with van der Waals surface area (Å²) >= 11 is 0. The van der Waals surface area contributed by atoms with Crippen molar-refractivity contribution < 1.29 is 47.7 Å². The van der Waals surface area contributed by atoms with E-state index < -0.39 is 83.0 Å². The molecule has 57 heavy (non-hydrogen) atoms. The first kappa shape index (κ1) is 46.8. The van der Waals surface area contributed by atoms with Crippen LogP contribution < -0.4 is 5.32 Å². The zero-order valence-corrected chi connectivity index (χ0v) is 35.2. The third kappa shape index (κ3) is 11.3. The highest BCUT2D eigenvalue weighted by Crippen LogP contribution is 2.44. The average Bonchev–Trinajstić information content (AvgIpc) is 3.17. The van der Waals surface area contributed by atoms with E-state index in [9.17, 15) is 24.0 Å². The number of rotatable bonds is 11. The molecule has 1 fully saturated rings. The molecule has 1 aromatic carbocycles. The smallest absolute Gasteiger partial charge is 0.408 e. The molecule has 1 N–H and O–H groups in total. The van der Waals surface area contributed by atoms with Crippen molar-refractivity contribution >= 4 is 29.6 Å². The van der Waals surface area contributed by atoms with Crippen molar-refractivity contribution in [2.75, 3.05) is 27.7 Å². The molecule has 15 heteroatoms. The van der Waals surface area contributed by atoms with E-state index in [2.05, 4.69) is 21.9 Å². The molecule has 314 valence electrons. The summed E-state index contributed by atoms with van der Waals surface area (Å²) in [7, 11) is 5.28. The quantitative estimate of drug-likeness (QED) is 0.0495. The lowest BCUT2D eigenvalue weighted by Crippen LogP contribution is -2.63. The van der Waals surface area contributed by atoms with Crippen LogP contribution in [0, 0.1) is 23.7 Å². The minimum atomic E-state index is -1.69. The number of carbonyl (C=O) groups excluding carboxylic acids is 5. The Hall–Kier alpha value is -4.56. The van der Waals surface area contributed by atoms with Crippen LogP contribution in [0.1, 0.15) is 85.0 Å². The number of nitrogens with zero attached hydrogens (tertiary/aromatic N) is 4. The lowest BCUT2D eigenvalue weighted by atomic mass is 9.66. The summed E-state index contributed by atoms with van der Waals surface area (Å²) in [6.45, 7) is 17.0. The zero-order valence-electron chi connectivity index (χ0n) is 35.2. The van der Waals surface area contributed by atoms with Crippen LogP contribution >= 0.6 is 0 Å². The van der Waals surface area contributed by atoms with E-state index in [1.54, 1.807) is 65.0 Å². The van der Waals surface area contributed by atoms with E-state index >= 15 is 0 Å². The second-order valence-electron chi connectivity index (χ2n) is 16.0. The first-order valence-electron chi connectivity index (χ1n) is 19.5. The number of esters is 2. The van der Waals surface area contributed by atoms with Crippen molar-refractivity contribution in [1.82, 2.24) is 10.2 Å². The second-order valence-corrected chi connectivity index (χ2v) is 16.0. The molecule has 0 bridgehead atoms. The van der Waals surface area contributed by atoms with Gasteiger partial charge in [0, 0.05) is 36.3 Å². The third-order valence-corrected chi connectivity index (χ3v) is 11.4. The zero-order chi connectivity index (χ0) is 42.8. The maximum Gasteiger partial charge on any atom is 0.408 e. The molecule has 1 aromatic rings. The van der Waals surface area contributed by atoms with Gasteiger partial charge in [-0.05, 0) is 97.3 Å². The predicted molar refractivity (Wildman–Crippen MR) is 213 cm³/mol. The van der Waals surface area contributed by atoms with Crippen LogP contribution in [-0.4, -0.2) is 110 Å². The molecule has 3 rings (SSSR count). The Kier molecular flexibility index (Phi) is 16.6. The highest BCUT2D eigenvalue weighted by atomic mass is 16.6. The van der Waals surface area contributed by atoms with Gasteiger partial charge in [-0.25, -0.2) is 9.59 Å². The number of benzene rings is 1. The van der Waals surface area contributed by atoms with Gasteiger partial charge in [0.15, 0.2) is 11.4 Å². The van der Waals surface area contributed by atoms with Gasteiger partial charge < -0.3 is 33.9 Å². The monoisotopic (exact) mass is 795 g/mol. The van der Waals surface area contributed by atoms with Crippen molar-refractivity contribution in [3.63, 3.8) is 0 Å². The van der Waals surface area contributed by atoms with Gasteiger partial charge in [-0.1, -0.05) is 50.2 Å². The van der Waals surface area contributed by atoms with Gasteiger partial charge in [0.2, 0.25) is 0 Å². The standard InChI is InChI=1S/C42H61N5O10/c1-13-30(23-44-46-43)45-40(52)57-41(8)21-24(3)34(48)25(4)22-42(9,53-12)33(27(6)35(49)28(7)38(50)55-32(41)14-2)37-36(31(47(10)11)20-26(5)54-37)56-39(51)29-18-16-15-17-19-29/h13,15-19,21,25-28,30-33,36-37H,1,14,20,22-23H2,2-12H3,(H,45,52)/b24-21+/t25-,26-,27-,28-,30+,31+,32?,33?,36-,37+,41+,42-/m1/s1. The first-order chi connectivity index (χ1) is 26.8. The van der Waals surface area contributed by atoms with Gasteiger partial charge in [-0.15, -0.1) is 6.58 Å². The molecule has 2 heterocycles. The van der Waals surface area contributed by atoms with Gasteiger partial charge >= 0.3 is 18.0 Å². The minimum Gasteiger partial charge on any atom is -0.457 e. The van der Waals surface area contributed by atoms with E-state index in [1.165, 1.54) is 33.1 Å². The lowest BCUT2D eigenvalue weighted by Gasteiger charge is -2.51. The number of methoxy groups -OCH3 is 1. The number of carbonyl (C=O) groups is 5. The average molecular weight is 796 g/mol. The molecule has 0 radical (unpaired) electrons. The number of nitrogens with one attached hydrogen (secondary N) is 1. The van der Waals surface area contributed by atoms with E-state index in [1.807, 2.05) is 25.9 Å². The number of allylic oxidation sites excluding steroid dienone is 1. The molecule has 15 nitrogen and oxygen atoms in total. The van der Waals surface area contributed by atoms with Crippen molar-refractivity contribution in [3.05, 3.63) is 70.6 Å². The number of azide groups is 1. The molecule has 2 unspecified atom stereocenters. The summed E-state index contributed by atoms with van der Waals surface area (Å²) in [5, 5.41) is 6.04. The van der Waals surface area contributed by atoms with Crippen LogP contribution in [0.2, 0.25) is 0 Å². The molecular weight excluding hydrogens is 734 g/mol. The number of hydrogen-bond donors (Lipinski definition) is 1. The van der Waals surface area contributed by atoms with Gasteiger partial charge in [-0.2, -0.15) is 0 Å². The topological polar surface area (TPSA) is 196 Å². The summed E-state index contributed by atoms with van der Waals surface area (Å²) < 4.78 is 31.3. The molecule has 12 atom stereocenters. The number of Topliss-reactive ketones (excluding diaryl/α,β-unsaturated/α-hetero) is 2. The Balaban J connectivity index is 2.20. The minimum absolute atomic E-state index is 0.102. The van der Waals surface area contributed by atoms with Crippen molar-refractivity contribution in [1.29, 1.82) is 0 Å². The van der Waals surface area contributed by atoms with Crippen molar-refractivity contribution in [2.45, 2.75) is 122 Å². The van der Waals surface area contributed by atoms with Gasteiger partial charge in [0.25, 0.3) is 0 Å². The normalized spacial score (nSPS) is 34.4. The summed E-state index contributed by atoms with van der Waals surface area (Å²) in [5.41, 5.74) is 6.38. The number of likely N-dealkylation sites (N-methyl/N-ethyl adjacent to an activating group) is 1. The number of alkyl carbamates (subject to hydrolysis) is 1. The third-order valence-electron chi connectivity index (χ3n) is 11.4. The Morgan fingerprint density at radius 3 is 2.35 bits per heavy atom. The largest absolute Gasteiger partial charge is 0.457 e. The maximum atomic E-state index is 14.7. The molecule has 0 aliphatic carbocycles. The Morgan fingerprint density at radius 2 is 1.79 bits per heavy atom. The molecule has 0 spiro atoms. The molecule has 0 saturated carbocycles. The Morgan fingerprint density at radius 1 is 1.14 bits per heavy atom. The fourth-order valence-corrected chi connectivity index (χ4v) is 8.31. The molecule has 2 aliphatic rings. The molecule has 2 aliphatic heterocycles. The Labute approximate surface area is 336 Å². The van der Waals surface area contributed by atoms with Crippen molar-refractivity contribution in [2.24, 2.45) is 28.8 Å². The summed E-state index contributed by atoms with van der Waals surface area (Å²) in [5.74, 6) is -6.00. The van der Waals surface area contributed by atoms with E-state index in [-0.39, 0.29) is 42.9 Å². The number of hydrogen-bond acceptors (Lipinski definition) is 12. The van der Waals surface area contributed by atoms with Crippen LogP contribution in [0.4, 0.5) is 4.79 Å². The second kappa shape index (κ2) is 20.2. The summed E-state index contributed by atoms with van der Waals surface area (Å²) in [6, 6.07) is 7.51. The van der Waals surface area contributed by atoms with Crippen molar-refractivity contribution in [3.8, 4) is 0 Å². The van der Waals surface area contributed by atoms with Gasteiger partial charge in [0.1, 0.15) is 30.0 Å². The molecule has 0 aromatic heterocycles. The SMILES string of the molecule is C=C[C@@H](CN=[N+]=[N-])NC(=O)O[C@@]1(C)/C=C(\C)C(=O)[C@H](C)C[C@@](C)(OC)C([C@@H]2O[C@H](C)C[C@H](N(C)C)[C@H]2OC(=O)c2ccccc2)[C@@H](C)C(=O)[C@@H](C)C(=O)OC1CC. The molecular formula is C42H61N5O10. The van der Waals surface area contributed by atoms with Gasteiger partial charge in [0.05, 0.1) is 29.4 Å². The van der Waals surface area contributed by atoms with E-state index in [0.717, 1.165) is 0 Å². The fraction of sp³-hybridized carbons (Fsp3) is 0.643. The van der Waals surface area contributed by atoms with E-state index in [4.69, 9.17) is 29.2 Å². The number of amides is 1. The highest BCUT2D eigenvalue weighted by Gasteiger charge is 2.55. The summed E-state index contributed by atoms with van der Waals surface area (Å²) in [4.78, 5) is 74.6.